The molecular weight excluding hydrogens is 354 g/mol. The number of nitrogens with zero attached hydrogens (tertiary/aromatic N) is 3. The lowest BCUT2D eigenvalue weighted by molar-refractivity contribution is 0.102. The highest BCUT2D eigenvalue weighted by Crippen LogP contribution is 2.22. The maximum Gasteiger partial charge on any atom is 0.275 e. The third-order valence-electron chi connectivity index (χ3n) is 4.11. The number of benzene rings is 2. The zero-order valence-corrected chi connectivity index (χ0v) is 15.1. The van der Waals surface area contributed by atoms with Crippen molar-refractivity contribution in [2.24, 2.45) is 0 Å². The Kier molecular flexibility index (Phi) is 4.79. The van der Waals surface area contributed by atoms with Gasteiger partial charge in [-0.1, -0.05) is 24.3 Å². The first-order chi connectivity index (χ1) is 13.7. The second-order valence-electron chi connectivity index (χ2n) is 5.98. The number of pyridine rings is 1. The summed E-state index contributed by atoms with van der Waals surface area (Å²) in [6.07, 6.45) is 4.63. The van der Waals surface area contributed by atoms with Crippen LogP contribution in [0.3, 0.4) is 0 Å². The highest BCUT2D eigenvalue weighted by Gasteiger charge is 2.11. The molecule has 0 atom stereocenters. The Morgan fingerprint density at radius 2 is 1.82 bits per heavy atom. The minimum Gasteiger partial charge on any atom is -0.497 e. The van der Waals surface area contributed by atoms with E-state index in [9.17, 15) is 4.79 Å². The van der Waals surface area contributed by atoms with Crippen molar-refractivity contribution in [2.75, 3.05) is 17.7 Å². The van der Waals surface area contributed by atoms with Crippen LogP contribution >= 0.6 is 0 Å². The molecule has 0 radical (unpaired) electrons. The van der Waals surface area contributed by atoms with Gasteiger partial charge in [0.2, 0.25) is 0 Å². The van der Waals surface area contributed by atoms with Crippen molar-refractivity contribution in [3.05, 3.63) is 78.9 Å². The molecule has 7 nitrogen and oxygen atoms in total. The second-order valence-corrected chi connectivity index (χ2v) is 5.98. The fraction of sp³-hybridized carbons (Fsp3) is 0.0476. The second kappa shape index (κ2) is 7.71. The summed E-state index contributed by atoms with van der Waals surface area (Å²) in [5.41, 5.74) is 2.38. The summed E-state index contributed by atoms with van der Waals surface area (Å²) < 4.78 is 5.20. The first-order valence-electron chi connectivity index (χ1n) is 8.61. The molecule has 7 heteroatoms. The molecule has 4 aromatic rings. The number of carbonyl (C=O) groups excluding carboxylic acids is 1. The van der Waals surface area contributed by atoms with Gasteiger partial charge in [-0.3, -0.25) is 9.78 Å². The van der Waals surface area contributed by atoms with E-state index >= 15 is 0 Å². The Morgan fingerprint density at radius 1 is 0.964 bits per heavy atom. The maximum absolute atomic E-state index is 12.5. The highest BCUT2D eigenvalue weighted by molar-refractivity contribution is 6.07. The quantitative estimate of drug-likeness (QED) is 0.551. The van der Waals surface area contributed by atoms with Gasteiger partial charge in [-0.05, 0) is 24.3 Å². The molecular formula is C21H17N5O2. The summed E-state index contributed by atoms with van der Waals surface area (Å²) in [6, 6.07) is 16.9. The molecule has 0 aliphatic rings. The minimum atomic E-state index is -0.349. The summed E-state index contributed by atoms with van der Waals surface area (Å²) >= 11 is 0. The van der Waals surface area contributed by atoms with Crippen molar-refractivity contribution in [1.29, 1.82) is 0 Å². The molecule has 4 rings (SSSR count). The monoisotopic (exact) mass is 371 g/mol. The fourth-order valence-electron chi connectivity index (χ4n) is 2.75. The van der Waals surface area contributed by atoms with Crippen molar-refractivity contribution < 1.29 is 9.53 Å². The van der Waals surface area contributed by atoms with E-state index in [0.717, 1.165) is 22.3 Å². The number of hydrogen-bond donors (Lipinski definition) is 2. The van der Waals surface area contributed by atoms with Crippen molar-refractivity contribution in [2.45, 2.75) is 0 Å². The normalized spacial score (nSPS) is 10.5. The Balaban J connectivity index is 1.49. The molecule has 138 valence electrons. The lowest BCUT2D eigenvalue weighted by Crippen LogP contribution is -2.14. The largest absolute Gasteiger partial charge is 0.497 e. The molecule has 0 bridgehead atoms. The van der Waals surface area contributed by atoms with Crippen molar-refractivity contribution >= 4 is 34.0 Å². The number of anilines is 3. The number of carbonyl (C=O) groups is 1. The van der Waals surface area contributed by atoms with Gasteiger partial charge in [-0.2, -0.15) is 0 Å². The Morgan fingerprint density at radius 3 is 2.64 bits per heavy atom. The summed E-state index contributed by atoms with van der Waals surface area (Å²) in [4.78, 5) is 25.3. The van der Waals surface area contributed by atoms with Gasteiger partial charge in [0.1, 0.15) is 17.3 Å². The average Bonchev–Trinajstić information content (AvgIpc) is 2.74. The van der Waals surface area contributed by atoms with Crippen LogP contribution in [-0.4, -0.2) is 28.0 Å². The number of amides is 1. The molecule has 0 aliphatic carbocycles. The molecule has 0 spiro atoms. The number of methoxy groups -OCH3 is 1. The third-order valence-corrected chi connectivity index (χ3v) is 4.11. The van der Waals surface area contributed by atoms with Gasteiger partial charge >= 0.3 is 0 Å². The van der Waals surface area contributed by atoms with Gasteiger partial charge in [0, 0.05) is 23.3 Å². The van der Waals surface area contributed by atoms with E-state index in [1.54, 1.807) is 19.4 Å². The first kappa shape index (κ1) is 17.4. The molecule has 0 saturated carbocycles. The molecule has 0 aliphatic heterocycles. The van der Waals surface area contributed by atoms with E-state index in [1.165, 1.54) is 12.4 Å². The van der Waals surface area contributed by atoms with E-state index in [1.807, 2.05) is 48.5 Å². The lowest BCUT2D eigenvalue weighted by Gasteiger charge is -2.09. The van der Waals surface area contributed by atoms with Crippen molar-refractivity contribution in [3.63, 3.8) is 0 Å². The smallest absolute Gasteiger partial charge is 0.275 e. The first-order valence-corrected chi connectivity index (χ1v) is 8.61. The SMILES string of the molecule is COc1cccc(Nc2cnc(C(=O)Nc3cccc4cccnc34)cn2)c1. The average molecular weight is 371 g/mol. The summed E-state index contributed by atoms with van der Waals surface area (Å²) in [5, 5.41) is 6.92. The van der Waals surface area contributed by atoms with E-state index < -0.39 is 0 Å². The van der Waals surface area contributed by atoms with Crippen LogP contribution < -0.4 is 15.4 Å². The fourth-order valence-corrected chi connectivity index (χ4v) is 2.75. The molecule has 0 saturated heterocycles. The molecule has 2 aromatic carbocycles. The van der Waals surface area contributed by atoms with Crippen LogP contribution in [0, 0.1) is 0 Å². The van der Waals surface area contributed by atoms with Crippen LogP contribution in [-0.2, 0) is 0 Å². The van der Waals surface area contributed by atoms with Gasteiger partial charge in [0.05, 0.1) is 30.7 Å². The number of fused-ring (bicyclic) bond motifs is 1. The Hall–Kier alpha value is -4.00. The zero-order chi connectivity index (χ0) is 19.3. The molecule has 2 N–H and O–H groups in total. The van der Waals surface area contributed by atoms with Crippen LogP contribution in [0.15, 0.2) is 73.2 Å². The molecule has 2 heterocycles. The van der Waals surface area contributed by atoms with Gasteiger partial charge in [-0.15, -0.1) is 0 Å². The van der Waals surface area contributed by atoms with Gasteiger partial charge < -0.3 is 15.4 Å². The van der Waals surface area contributed by atoms with Gasteiger partial charge in [0.25, 0.3) is 5.91 Å². The van der Waals surface area contributed by atoms with E-state index in [2.05, 4.69) is 25.6 Å². The third kappa shape index (κ3) is 3.73. The molecule has 0 fully saturated rings. The number of para-hydroxylation sites is 1. The molecule has 2 aromatic heterocycles. The van der Waals surface area contributed by atoms with E-state index in [4.69, 9.17) is 4.74 Å². The van der Waals surface area contributed by atoms with E-state index in [-0.39, 0.29) is 11.6 Å². The zero-order valence-electron chi connectivity index (χ0n) is 15.1. The van der Waals surface area contributed by atoms with Crippen LogP contribution in [0.5, 0.6) is 5.75 Å². The highest BCUT2D eigenvalue weighted by atomic mass is 16.5. The predicted molar refractivity (Wildman–Crippen MR) is 108 cm³/mol. The minimum absolute atomic E-state index is 0.212. The van der Waals surface area contributed by atoms with Crippen LogP contribution in [0.4, 0.5) is 17.2 Å². The maximum atomic E-state index is 12.5. The molecule has 1 amide bonds. The van der Waals surface area contributed by atoms with Crippen molar-refractivity contribution in [1.82, 2.24) is 15.0 Å². The van der Waals surface area contributed by atoms with Gasteiger partial charge in [-0.25, -0.2) is 9.97 Å². The van der Waals surface area contributed by atoms with Crippen LogP contribution in [0.25, 0.3) is 10.9 Å². The number of hydrogen-bond acceptors (Lipinski definition) is 6. The summed E-state index contributed by atoms with van der Waals surface area (Å²) in [7, 11) is 1.61. The number of aromatic nitrogens is 3. The van der Waals surface area contributed by atoms with Crippen LogP contribution in [0.1, 0.15) is 10.5 Å². The van der Waals surface area contributed by atoms with Gasteiger partial charge in [0.15, 0.2) is 0 Å². The number of ether oxygens (including phenoxy) is 1. The van der Waals surface area contributed by atoms with Crippen LogP contribution in [0.2, 0.25) is 0 Å². The molecule has 28 heavy (non-hydrogen) atoms. The predicted octanol–water partition coefficient (Wildman–Crippen LogP) is 4.03. The molecule has 0 unspecified atom stereocenters. The lowest BCUT2D eigenvalue weighted by atomic mass is 10.2. The topological polar surface area (TPSA) is 89.0 Å². The Labute approximate surface area is 161 Å². The number of nitrogens with one attached hydrogen (secondary N) is 2. The summed E-state index contributed by atoms with van der Waals surface area (Å²) in [5.74, 6) is 0.910. The number of rotatable bonds is 5. The standard InChI is InChI=1S/C21H17N5O2/c1-28-16-8-3-7-15(11-16)25-19-13-23-18(12-24-19)21(27)26-17-9-2-5-14-6-4-10-22-20(14)17/h2-13H,1H3,(H,24,25)(H,26,27). The summed E-state index contributed by atoms with van der Waals surface area (Å²) in [6.45, 7) is 0. The van der Waals surface area contributed by atoms with Crippen molar-refractivity contribution in [3.8, 4) is 5.75 Å². The van der Waals surface area contributed by atoms with E-state index in [0.29, 0.717) is 11.5 Å². The Bertz CT molecular complexity index is 1120.